The van der Waals surface area contributed by atoms with Gasteiger partial charge in [-0.25, -0.2) is 0 Å². The number of hydrogen-bond acceptors (Lipinski definition) is 2. The first kappa shape index (κ1) is 12.3. The van der Waals surface area contributed by atoms with E-state index in [-0.39, 0.29) is 12.0 Å². The second-order valence-electron chi connectivity index (χ2n) is 5.26. The Morgan fingerprint density at radius 1 is 1.35 bits per heavy atom. The molecule has 3 atom stereocenters. The van der Waals surface area contributed by atoms with Crippen LogP contribution < -0.4 is 5.73 Å². The summed E-state index contributed by atoms with van der Waals surface area (Å²) < 4.78 is 0. The highest BCUT2D eigenvalue weighted by molar-refractivity contribution is 5.81. The normalized spacial score (nSPS) is 26.8. The fraction of sp³-hybridized carbons (Fsp3) is 0.533. The van der Waals surface area contributed by atoms with Gasteiger partial charge in [0.2, 0.25) is 0 Å². The second kappa shape index (κ2) is 5.46. The van der Waals surface area contributed by atoms with Gasteiger partial charge in [0.05, 0.1) is 0 Å². The quantitative estimate of drug-likeness (QED) is 0.868. The van der Waals surface area contributed by atoms with Gasteiger partial charge in [0.15, 0.2) is 0 Å². The van der Waals surface area contributed by atoms with E-state index in [1.54, 1.807) is 0 Å². The van der Waals surface area contributed by atoms with Crippen LogP contribution in [0.25, 0.3) is 0 Å². The predicted octanol–water partition coefficient (Wildman–Crippen LogP) is 3.08. The van der Waals surface area contributed by atoms with Gasteiger partial charge in [0, 0.05) is 18.4 Å². The van der Waals surface area contributed by atoms with E-state index in [0.29, 0.717) is 11.7 Å². The SMILES string of the molecule is CC1CC(C[C@@H](N)c2ccccc2)CCC1=O. The van der Waals surface area contributed by atoms with Crippen molar-refractivity contribution >= 4 is 5.78 Å². The third-order valence-electron chi connectivity index (χ3n) is 3.85. The van der Waals surface area contributed by atoms with Crippen molar-refractivity contribution in [3.05, 3.63) is 35.9 Å². The smallest absolute Gasteiger partial charge is 0.135 e. The van der Waals surface area contributed by atoms with Crippen LogP contribution in [0.4, 0.5) is 0 Å². The molecule has 1 aliphatic carbocycles. The summed E-state index contributed by atoms with van der Waals surface area (Å²) in [5.74, 6) is 1.27. The first-order valence-electron chi connectivity index (χ1n) is 6.50. The van der Waals surface area contributed by atoms with Crippen LogP contribution >= 0.6 is 0 Å². The van der Waals surface area contributed by atoms with Crippen molar-refractivity contribution in [2.24, 2.45) is 17.6 Å². The Bertz CT molecular complexity index is 374. The molecule has 2 heteroatoms. The first-order valence-corrected chi connectivity index (χ1v) is 6.50. The fourth-order valence-corrected chi connectivity index (χ4v) is 2.75. The van der Waals surface area contributed by atoms with E-state index in [1.165, 1.54) is 5.56 Å². The van der Waals surface area contributed by atoms with Gasteiger partial charge in [0.25, 0.3) is 0 Å². The molecular weight excluding hydrogens is 210 g/mol. The van der Waals surface area contributed by atoms with Crippen LogP contribution in [0, 0.1) is 11.8 Å². The molecule has 1 aliphatic rings. The van der Waals surface area contributed by atoms with Gasteiger partial charge in [-0.05, 0) is 30.7 Å². The van der Waals surface area contributed by atoms with Gasteiger partial charge < -0.3 is 5.73 Å². The predicted molar refractivity (Wildman–Crippen MR) is 69.5 cm³/mol. The molecule has 1 aromatic rings. The van der Waals surface area contributed by atoms with Crippen molar-refractivity contribution in [2.75, 3.05) is 0 Å². The highest BCUT2D eigenvalue weighted by atomic mass is 16.1. The zero-order valence-corrected chi connectivity index (χ0v) is 10.4. The van der Waals surface area contributed by atoms with Crippen LogP contribution in [0.15, 0.2) is 30.3 Å². The monoisotopic (exact) mass is 231 g/mol. The van der Waals surface area contributed by atoms with Crippen LogP contribution in [0.1, 0.15) is 44.2 Å². The Kier molecular flexibility index (Phi) is 3.95. The van der Waals surface area contributed by atoms with Gasteiger partial charge in [0.1, 0.15) is 5.78 Å². The summed E-state index contributed by atoms with van der Waals surface area (Å²) in [5.41, 5.74) is 7.43. The molecule has 2 rings (SSSR count). The highest BCUT2D eigenvalue weighted by Gasteiger charge is 2.26. The van der Waals surface area contributed by atoms with Crippen LogP contribution in [-0.4, -0.2) is 5.78 Å². The number of nitrogens with two attached hydrogens (primary N) is 1. The molecule has 2 nitrogen and oxygen atoms in total. The molecule has 0 saturated heterocycles. The molecule has 0 aliphatic heterocycles. The van der Waals surface area contributed by atoms with Gasteiger partial charge in [-0.1, -0.05) is 37.3 Å². The Balaban J connectivity index is 1.91. The van der Waals surface area contributed by atoms with E-state index in [9.17, 15) is 4.79 Å². The van der Waals surface area contributed by atoms with Gasteiger partial charge in [-0.3, -0.25) is 4.79 Å². The number of carbonyl (C=O) groups excluding carboxylic acids is 1. The zero-order valence-electron chi connectivity index (χ0n) is 10.4. The van der Waals surface area contributed by atoms with Gasteiger partial charge in [-0.2, -0.15) is 0 Å². The number of rotatable bonds is 3. The average molecular weight is 231 g/mol. The topological polar surface area (TPSA) is 43.1 Å². The summed E-state index contributed by atoms with van der Waals surface area (Å²) in [7, 11) is 0. The van der Waals surface area contributed by atoms with E-state index < -0.39 is 0 Å². The van der Waals surface area contributed by atoms with Gasteiger partial charge >= 0.3 is 0 Å². The summed E-state index contributed by atoms with van der Waals surface area (Å²) in [6.07, 6.45) is 3.78. The summed E-state index contributed by atoms with van der Waals surface area (Å²) in [6, 6.07) is 10.4. The number of Topliss-reactive ketones (excluding diaryl/α,β-unsaturated/α-hetero) is 1. The molecule has 17 heavy (non-hydrogen) atoms. The lowest BCUT2D eigenvalue weighted by molar-refractivity contribution is -0.125. The van der Waals surface area contributed by atoms with Crippen molar-refractivity contribution in [3.63, 3.8) is 0 Å². The van der Waals surface area contributed by atoms with Crippen molar-refractivity contribution in [3.8, 4) is 0 Å². The first-order chi connectivity index (χ1) is 8.16. The molecule has 0 bridgehead atoms. The minimum absolute atomic E-state index is 0.113. The zero-order chi connectivity index (χ0) is 12.3. The second-order valence-corrected chi connectivity index (χ2v) is 5.26. The Morgan fingerprint density at radius 3 is 2.71 bits per heavy atom. The average Bonchev–Trinajstić information content (AvgIpc) is 2.35. The minimum Gasteiger partial charge on any atom is -0.324 e. The minimum atomic E-state index is 0.113. The lowest BCUT2D eigenvalue weighted by Crippen LogP contribution is -2.25. The molecule has 0 aromatic heterocycles. The lowest BCUT2D eigenvalue weighted by atomic mass is 9.78. The summed E-state index contributed by atoms with van der Waals surface area (Å²) >= 11 is 0. The summed E-state index contributed by atoms with van der Waals surface area (Å²) in [5, 5.41) is 0. The van der Waals surface area contributed by atoms with Crippen LogP contribution in [0.5, 0.6) is 0 Å². The molecular formula is C15H21NO. The third kappa shape index (κ3) is 3.16. The standard InChI is InChI=1S/C15H21NO/c1-11-9-12(7-8-15(11)17)10-14(16)13-5-3-2-4-6-13/h2-6,11-12,14H,7-10,16H2,1H3/t11?,12?,14-/m1/s1. The molecule has 2 unspecified atom stereocenters. The van der Waals surface area contributed by atoms with Crippen molar-refractivity contribution < 1.29 is 4.79 Å². The maximum Gasteiger partial charge on any atom is 0.135 e. The number of hydrogen-bond donors (Lipinski definition) is 1. The Hall–Kier alpha value is -1.15. The molecule has 0 heterocycles. The highest BCUT2D eigenvalue weighted by Crippen LogP contribution is 2.32. The van der Waals surface area contributed by atoms with Crippen molar-refractivity contribution in [1.29, 1.82) is 0 Å². The Morgan fingerprint density at radius 2 is 2.06 bits per heavy atom. The molecule has 0 radical (unpaired) electrons. The van der Waals surface area contributed by atoms with Crippen molar-refractivity contribution in [2.45, 2.75) is 38.6 Å². The largest absolute Gasteiger partial charge is 0.324 e. The summed E-state index contributed by atoms with van der Waals surface area (Å²) in [4.78, 5) is 11.5. The number of carbonyl (C=O) groups is 1. The van der Waals surface area contributed by atoms with Gasteiger partial charge in [-0.15, -0.1) is 0 Å². The van der Waals surface area contributed by atoms with E-state index in [4.69, 9.17) is 5.73 Å². The van der Waals surface area contributed by atoms with Crippen LogP contribution in [-0.2, 0) is 4.79 Å². The van der Waals surface area contributed by atoms with E-state index in [1.807, 2.05) is 25.1 Å². The molecule has 1 fully saturated rings. The fourth-order valence-electron chi connectivity index (χ4n) is 2.75. The molecule has 0 spiro atoms. The number of benzene rings is 1. The molecule has 2 N–H and O–H groups in total. The lowest BCUT2D eigenvalue weighted by Gasteiger charge is -2.28. The maximum atomic E-state index is 11.5. The Labute approximate surface area is 103 Å². The van der Waals surface area contributed by atoms with Crippen LogP contribution in [0.3, 0.4) is 0 Å². The molecule has 92 valence electrons. The molecule has 1 saturated carbocycles. The molecule has 0 amide bonds. The number of ketones is 1. The summed E-state index contributed by atoms with van der Waals surface area (Å²) in [6.45, 7) is 2.04. The van der Waals surface area contributed by atoms with Crippen LogP contribution in [0.2, 0.25) is 0 Å². The van der Waals surface area contributed by atoms with E-state index in [0.717, 1.165) is 25.7 Å². The third-order valence-corrected chi connectivity index (χ3v) is 3.85. The van der Waals surface area contributed by atoms with E-state index >= 15 is 0 Å². The maximum absolute atomic E-state index is 11.5. The van der Waals surface area contributed by atoms with Crippen molar-refractivity contribution in [1.82, 2.24) is 0 Å². The van der Waals surface area contributed by atoms with E-state index in [2.05, 4.69) is 12.1 Å². The molecule has 1 aromatic carbocycles.